The first-order valence-corrected chi connectivity index (χ1v) is 20.5. The monoisotopic (exact) mass is 643 g/mol. The van der Waals surface area contributed by atoms with Gasteiger partial charge in [0.25, 0.3) is 0 Å². The minimum absolute atomic E-state index is 0. The topological polar surface area (TPSA) is 57.2 Å². The second-order valence-corrected chi connectivity index (χ2v) is 14.8. The van der Waals surface area contributed by atoms with Gasteiger partial charge in [-0.15, -0.1) is 0 Å². The van der Waals surface area contributed by atoms with Crippen molar-refractivity contribution in [1.82, 2.24) is 0 Å². The number of aryl methyl sites for hydroxylation is 1. The summed E-state index contributed by atoms with van der Waals surface area (Å²) in [7, 11) is -4.33. The summed E-state index contributed by atoms with van der Waals surface area (Å²) < 4.78 is 33.0. The Morgan fingerprint density at radius 2 is 0.636 bits per heavy atom. The van der Waals surface area contributed by atoms with E-state index in [1.165, 1.54) is 205 Å². The van der Waals surface area contributed by atoms with Crippen LogP contribution >= 0.6 is 0 Å². The zero-order valence-corrected chi connectivity index (χ0v) is 32.4. The van der Waals surface area contributed by atoms with Crippen LogP contribution in [0.1, 0.15) is 212 Å². The van der Waals surface area contributed by atoms with Gasteiger partial charge in [-0.25, -0.2) is 8.42 Å². The summed E-state index contributed by atoms with van der Waals surface area (Å²) in [6.45, 7) is 2.30. The van der Waals surface area contributed by atoms with Gasteiger partial charge in [0, 0.05) is 0 Å². The van der Waals surface area contributed by atoms with E-state index in [0.717, 1.165) is 18.4 Å². The average Bonchev–Trinajstić information content (AvgIpc) is 2.99. The normalized spacial score (nSPS) is 11.6. The van der Waals surface area contributed by atoms with Gasteiger partial charge < -0.3 is 4.55 Å². The van der Waals surface area contributed by atoms with E-state index < -0.39 is 10.1 Å². The van der Waals surface area contributed by atoms with E-state index in [9.17, 15) is 13.0 Å². The number of benzene rings is 1. The fourth-order valence-electron chi connectivity index (χ4n) is 6.35. The van der Waals surface area contributed by atoms with Crippen LogP contribution in [0, 0.1) is 0 Å². The molecule has 0 heterocycles. The molecule has 0 aliphatic heterocycles. The van der Waals surface area contributed by atoms with Crippen LogP contribution in [-0.4, -0.2) is 13.0 Å². The predicted octanol–water partition coefficient (Wildman–Crippen LogP) is 10.3. The molecule has 0 amide bonds. The molecule has 44 heavy (non-hydrogen) atoms. The summed E-state index contributed by atoms with van der Waals surface area (Å²) in [4.78, 5) is -0.132. The molecular weight excluding hydrogens is 571 g/mol. The molecule has 0 aliphatic rings. The Kier molecular flexibility index (Phi) is 33.1. The molecule has 0 saturated carbocycles. The quantitative estimate of drug-likeness (QED) is 0.0435. The maximum Gasteiger partial charge on any atom is 1.00 e. The molecule has 5 heteroatoms. The van der Waals surface area contributed by atoms with E-state index in [0.29, 0.717) is 0 Å². The SMILES string of the molecule is CCCCCCCCCCCCCCCCCCCCCCCCCCCCCCCCCc1ccc(S(=O)(=O)[O-])cc1.[Na+]. The van der Waals surface area contributed by atoms with Crippen LogP contribution in [0.4, 0.5) is 0 Å². The molecule has 0 N–H and O–H groups in total. The van der Waals surface area contributed by atoms with Gasteiger partial charge in [0.05, 0.1) is 4.90 Å². The average molecular weight is 643 g/mol. The van der Waals surface area contributed by atoms with Gasteiger partial charge in [0.15, 0.2) is 0 Å². The van der Waals surface area contributed by atoms with E-state index in [1.807, 2.05) is 0 Å². The van der Waals surface area contributed by atoms with Crippen LogP contribution in [0.3, 0.4) is 0 Å². The van der Waals surface area contributed by atoms with Crippen molar-refractivity contribution in [3.05, 3.63) is 29.8 Å². The summed E-state index contributed by atoms with van der Waals surface area (Å²) in [5.74, 6) is 0. The van der Waals surface area contributed by atoms with Gasteiger partial charge in [0.2, 0.25) is 0 Å². The van der Waals surface area contributed by atoms with E-state index >= 15 is 0 Å². The second kappa shape index (κ2) is 33.0. The van der Waals surface area contributed by atoms with E-state index in [-0.39, 0.29) is 34.5 Å². The summed E-state index contributed by atoms with van der Waals surface area (Å²) in [6, 6.07) is 6.40. The number of hydrogen-bond donors (Lipinski definition) is 0. The molecule has 0 aliphatic carbocycles. The zero-order chi connectivity index (χ0) is 31.1. The molecular formula is C39H71NaO3S. The summed E-state index contributed by atoms with van der Waals surface area (Å²) >= 11 is 0. The van der Waals surface area contributed by atoms with Crippen molar-refractivity contribution in [2.45, 2.75) is 217 Å². The fourth-order valence-corrected chi connectivity index (χ4v) is 6.82. The molecule has 1 aromatic carbocycles. The smallest absolute Gasteiger partial charge is 0.744 e. The summed E-state index contributed by atoms with van der Waals surface area (Å²) in [5, 5.41) is 0. The van der Waals surface area contributed by atoms with Gasteiger partial charge >= 0.3 is 29.6 Å². The molecule has 0 spiro atoms. The first-order chi connectivity index (χ1) is 21.0. The third-order valence-electron chi connectivity index (χ3n) is 9.28. The molecule has 0 unspecified atom stereocenters. The molecule has 0 aromatic heterocycles. The maximum atomic E-state index is 11.0. The van der Waals surface area contributed by atoms with Crippen LogP contribution in [0.5, 0.6) is 0 Å². The Labute approximate surface area is 298 Å². The molecule has 252 valence electrons. The third-order valence-corrected chi connectivity index (χ3v) is 10.1. The van der Waals surface area contributed by atoms with Gasteiger partial charge in [0.1, 0.15) is 10.1 Å². The Morgan fingerprint density at radius 3 is 0.864 bits per heavy atom. The van der Waals surface area contributed by atoms with Crippen molar-refractivity contribution in [3.8, 4) is 0 Å². The minimum atomic E-state index is -4.33. The fraction of sp³-hybridized carbons (Fsp3) is 0.846. The molecule has 1 aromatic rings. The summed E-state index contributed by atoms with van der Waals surface area (Å²) in [6.07, 6.45) is 44.9. The molecule has 0 fully saturated rings. The van der Waals surface area contributed by atoms with Gasteiger partial charge in [-0.05, 0) is 30.5 Å². The number of rotatable bonds is 33. The first kappa shape index (κ1) is 44.1. The van der Waals surface area contributed by atoms with Crippen LogP contribution in [0.2, 0.25) is 0 Å². The second-order valence-electron chi connectivity index (χ2n) is 13.5. The van der Waals surface area contributed by atoms with Crippen molar-refractivity contribution < 1.29 is 42.5 Å². The van der Waals surface area contributed by atoms with Crippen LogP contribution in [0.15, 0.2) is 29.2 Å². The van der Waals surface area contributed by atoms with Gasteiger partial charge in [-0.2, -0.15) is 0 Å². The van der Waals surface area contributed by atoms with Gasteiger partial charge in [-0.1, -0.05) is 212 Å². The Bertz CT molecular complexity index is 809. The molecule has 1 rings (SSSR count). The van der Waals surface area contributed by atoms with Crippen molar-refractivity contribution in [2.75, 3.05) is 0 Å². The largest absolute Gasteiger partial charge is 1.00 e. The van der Waals surface area contributed by atoms with E-state index in [4.69, 9.17) is 0 Å². The van der Waals surface area contributed by atoms with Crippen molar-refractivity contribution in [2.24, 2.45) is 0 Å². The number of hydrogen-bond acceptors (Lipinski definition) is 3. The zero-order valence-electron chi connectivity index (χ0n) is 29.6. The summed E-state index contributed by atoms with van der Waals surface area (Å²) in [5.41, 5.74) is 1.11. The Balaban J connectivity index is 0.0000185. The predicted molar refractivity (Wildman–Crippen MR) is 187 cm³/mol. The van der Waals surface area contributed by atoms with Crippen LogP contribution in [0.25, 0.3) is 0 Å². The molecule has 0 bridgehead atoms. The van der Waals surface area contributed by atoms with Crippen molar-refractivity contribution >= 4 is 10.1 Å². The first-order valence-electron chi connectivity index (χ1n) is 19.1. The third kappa shape index (κ3) is 29.5. The van der Waals surface area contributed by atoms with Crippen molar-refractivity contribution in [1.29, 1.82) is 0 Å². The molecule has 0 atom stereocenters. The minimum Gasteiger partial charge on any atom is -0.744 e. The van der Waals surface area contributed by atoms with Crippen molar-refractivity contribution in [3.63, 3.8) is 0 Å². The Morgan fingerprint density at radius 1 is 0.409 bits per heavy atom. The van der Waals surface area contributed by atoms with E-state index in [2.05, 4.69) is 6.92 Å². The standard InChI is InChI=1S/C39H72O3S.Na/c1-2-3-4-5-6-7-8-9-10-11-12-13-14-15-16-17-18-19-20-21-22-23-24-25-26-27-28-29-30-31-32-33-38-34-36-39(37-35-38)43(40,41)42;/h34-37H,2-33H2,1H3,(H,40,41,42);/q;+1/p-1. The number of unbranched alkanes of at least 4 members (excludes halogenated alkanes) is 30. The maximum absolute atomic E-state index is 11.0. The van der Waals surface area contributed by atoms with Gasteiger partial charge in [-0.3, -0.25) is 0 Å². The molecule has 0 radical (unpaired) electrons. The van der Waals surface area contributed by atoms with Crippen LogP contribution < -0.4 is 29.6 Å². The molecule has 3 nitrogen and oxygen atoms in total. The Hall–Kier alpha value is 0.130. The van der Waals surface area contributed by atoms with Crippen LogP contribution in [-0.2, 0) is 16.5 Å². The molecule has 0 saturated heterocycles. The van der Waals surface area contributed by atoms with E-state index in [1.54, 1.807) is 12.1 Å².